The van der Waals surface area contributed by atoms with E-state index in [4.69, 9.17) is 37.5 Å². The van der Waals surface area contributed by atoms with Crippen LogP contribution in [0.3, 0.4) is 0 Å². The Hall–Kier alpha value is -2.17. The molecule has 106 valence electrons. The SMILES string of the molecule is O=C(O)c1cc2cc(Oc3ccc(Cl)c(Cl)c3)ccc2o1. The largest absolute Gasteiger partial charge is 0.475 e. The van der Waals surface area contributed by atoms with Crippen LogP contribution in [-0.4, -0.2) is 11.1 Å². The number of hydrogen-bond donors (Lipinski definition) is 1. The summed E-state index contributed by atoms with van der Waals surface area (Å²) in [6.45, 7) is 0. The molecule has 0 radical (unpaired) electrons. The maximum atomic E-state index is 10.9. The fraction of sp³-hybridized carbons (Fsp3) is 0. The molecule has 21 heavy (non-hydrogen) atoms. The van der Waals surface area contributed by atoms with Gasteiger partial charge in [0.2, 0.25) is 5.76 Å². The van der Waals surface area contributed by atoms with E-state index in [1.54, 1.807) is 36.4 Å². The Morgan fingerprint density at radius 1 is 1.00 bits per heavy atom. The lowest BCUT2D eigenvalue weighted by Gasteiger charge is -2.06. The van der Waals surface area contributed by atoms with Crippen molar-refractivity contribution in [1.29, 1.82) is 0 Å². The Morgan fingerprint density at radius 2 is 1.71 bits per heavy atom. The van der Waals surface area contributed by atoms with Gasteiger partial charge in [0.1, 0.15) is 17.1 Å². The second kappa shape index (κ2) is 5.31. The van der Waals surface area contributed by atoms with Gasteiger partial charge in [-0.3, -0.25) is 0 Å². The van der Waals surface area contributed by atoms with Crippen LogP contribution in [0.5, 0.6) is 11.5 Å². The standard InChI is InChI=1S/C15H8Cl2O4/c16-11-3-1-10(7-12(11)17)20-9-2-4-13-8(5-9)6-14(21-13)15(18)19/h1-7H,(H,18,19). The third kappa shape index (κ3) is 2.82. The molecule has 2 aromatic carbocycles. The molecule has 4 nitrogen and oxygen atoms in total. The predicted octanol–water partition coefficient (Wildman–Crippen LogP) is 5.23. The van der Waals surface area contributed by atoms with Gasteiger partial charge in [0.05, 0.1) is 10.0 Å². The number of furan rings is 1. The van der Waals surface area contributed by atoms with Crippen molar-refractivity contribution in [3.05, 3.63) is 58.3 Å². The molecule has 0 amide bonds. The normalized spacial score (nSPS) is 10.8. The highest BCUT2D eigenvalue weighted by Crippen LogP contribution is 2.31. The van der Waals surface area contributed by atoms with Crippen LogP contribution in [0.1, 0.15) is 10.6 Å². The molecule has 0 aliphatic rings. The van der Waals surface area contributed by atoms with E-state index in [1.165, 1.54) is 6.07 Å². The summed E-state index contributed by atoms with van der Waals surface area (Å²) in [6, 6.07) is 11.4. The van der Waals surface area contributed by atoms with Crippen molar-refractivity contribution in [3.8, 4) is 11.5 Å². The van der Waals surface area contributed by atoms with Gasteiger partial charge in [-0.1, -0.05) is 23.2 Å². The monoisotopic (exact) mass is 322 g/mol. The van der Waals surface area contributed by atoms with Gasteiger partial charge < -0.3 is 14.3 Å². The fourth-order valence-corrected chi connectivity index (χ4v) is 2.15. The van der Waals surface area contributed by atoms with Gasteiger partial charge >= 0.3 is 5.97 Å². The summed E-state index contributed by atoms with van der Waals surface area (Å²) in [5, 5.41) is 10.4. The van der Waals surface area contributed by atoms with Crippen molar-refractivity contribution in [1.82, 2.24) is 0 Å². The van der Waals surface area contributed by atoms with Gasteiger partial charge in [-0.15, -0.1) is 0 Å². The van der Waals surface area contributed by atoms with Crippen LogP contribution in [0.25, 0.3) is 11.0 Å². The first-order valence-electron chi connectivity index (χ1n) is 5.93. The minimum absolute atomic E-state index is 0.114. The molecule has 0 atom stereocenters. The van der Waals surface area contributed by atoms with E-state index in [9.17, 15) is 4.79 Å². The number of carboxylic acid groups (broad SMARTS) is 1. The lowest BCUT2D eigenvalue weighted by atomic mass is 10.2. The lowest BCUT2D eigenvalue weighted by molar-refractivity contribution is 0.0665. The molecular weight excluding hydrogens is 315 g/mol. The van der Waals surface area contributed by atoms with Gasteiger partial charge in [-0.25, -0.2) is 4.79 Å². The highest BCUT2D eigenvalue weighted by molar-refractivity contribution is 6.42. The summed E-state index contributed by atoms with van der Waals surface area (Å²) in [7, 11) is 0. The number of fused-ring (bicyclic) bond motifs is 1. The Balaban J connectivity index is 1.93. The number of hydrogen-bond acceptors (Lipinski definition) is 3. The average Bonchev–Trinajstić information content (AvgIpc) is 2.86. The summed E-state index contributed by atoms with van der Waals surface area (Å²) >= 11 is 11.8. The van der Waals surface area contributed by atoms with Gasteiger partial charge in [-0.05, 0) is 36.4 Å². The Bertz CT molecular complexity index is 839. The zero-order chi connectivity index (χ0) is 15.0. The molecule has 1 heterocycles. The van der Waals surface area contributed by atoms with E-state index < -0.39 is 5.97 Å². The Kier molecular flexibility index (Phi) is 3.49. The first-order chi connectivity index (χ1) is 10.0. The number of ether oxygens (including phenoxy) is 1. The topological polar surface area (TPSA) is 59.7 Å². The third-order valence-electron chi connectivity index (χ3n) is 2.83. The third-order valence-corrected chi connectivity index (χ3v) is 3.56. The average molecular weight is 323 g/mol. The molecule has 0 bridgehead atoms. The fourth-order valence-electron chi connectivity index (χ4n) is 1.87. The first kappa shape index (κ1) is 13.8. The molecule has 6 heteroatoms. The zero-order valence-corrected chi connectivity index (χ0v) is 12.0. The number of aromatic carboxylic acids is 1. The van der Waals surface area contributed by atoms with E-state index >= 15 is 0 Å². The van der Waals surface area contributed by atoms with Crippen molar-refractivity contribution in [2.75, 3.05) is 0 Å². The molecule has 0 saturated heterocycles. The summed E-state index contributed by atoms with van der Waals surface area (Å²) in [5.74, 6) is -0.154. The minimum atomic E-state index is -1.11. The smallest absolute Gasteiger partial charge is 0.371 e. The summed E-state index contributed by atoms with van der Waals surface area (Å²) < 4.78 is 10.8. The summed E-state index contributed by atoms with van der Waals surface area (Å²) in [5.41, 5.74) is 0.480. The van der Waals surface area contributed by atoms with Gasteiger partial charge in [-0.2, -0.15) is 0 Å². The predicted molar refractivity (Wildman–Crippen MR) is 79.7 cm³/mol. The molecule has 1 N–H and O–H groups in total. The highest BCUT2D eigenvalue weighted by atomic mass is 35.5. The molecule has 1 aromatic heterocycles. The lowest BCUT2D eigenvalue weighted by Crippen LogP contribution is -1.91. The number of carbonyl (C=O) groups is 1. The molecule has 0 spiro atoms. The number of halogens is 2. The molecule has 0 aliphatic heterocycles. The van der Waals surface area contributed by atoms with Crippen molar-refractivity contribution in [2.45, 2.75) is 0 Å². The first-order valence-corrected chi connectivity index (χ1v) is 6.68. The number of rotatable bonds is 3. The Labute approximate surface area is 129 Å². The van der Waals surface area contributed by atoms with E-state index in [0.717, 1.165) is 0 Å². The Morgan fingerprint density at radius 3 is 2.43 bits per heavy atom. The van der Waals surface area contributed by atoms with Crippen LogP contribution in [0.15, 0.2) is 46.9 Å². The van der Waals surface area contributed by atoms with E-state index in [-0.39, 0.29) is 5.76 Å². The van der Waals surface area contributed by atoms with Gasteiger partial charge in [0, 0.05) is 11.5 Å². The molecular formula is C15H8Cl2O4. The number of benzene rings is 2. The van der Waals surface area contributed by atoms with E-state index in [2.05, 4.69) is 0 Å². The van der Waals surface area contributed by atoms with Crippen LogP contribution < -0.4 is 4.74 Å². The maximum Gasteiger partial charge on any atom is 0.371 e. The van der Waals surface area contributed by atoms with E-state index in [0.29, 0.717) is 32.5 Å². The van der Waals surface area contributed by atoms with Crippen molar-refractivity contribution in [2.24, 2.45) is 0 Å². The number of carboxylic acids is 1. The van der Waals surface area contributed by atoms with Gasteiger partial charge in [0.15, 0.2) is 0 Å². The molecule has 0 unspecified atom stereocenters. The second-order valence-electron chi connectivity index (χ2n) is 4.29. The maximum absolute atomic E-state index is 10.9. The minimum Gasteiger partial charge on any atom is -0.475 e. The van der Waals surface area contributed by atoms with Crippen molar-refractivity contribution < 1.29 is 19.1 Å². The summed E-state index contributed by atoms with van der Waals surface area (Å²) in [6.07, 6.45) is 0. The molecule has 3 rings (SSSR count). The quantitative estimate of drug-likeness (QED) is 0.717. The molecule has 0 aliphatic carbocycles. The van der Waals surface area contributed by atoms with Crippen LogP contribution in [-0.2, 0) is 0 Å². The van der Waals surface area contributed by atoms with Crippen LogP contribution in [0.4, 0.5) is 0 Å². The molecule has 0 fully saturated rings. The zero-order valence-electron chi connectivity index (χ0n) is 10.5. The van der Waals surface area contributed by atoms with E-state index in [1.807, 2.05) is 0 Å². The second-order valence-corrected chi connectivity index (χ2v) is 5.11. The van der Waals surface area contributed by atoms with Gasteiger partial charge in [0.25, 0.3) is 0 Å². The molecule has 3 aromatic rings. The van der Waals surface area contributed by atoms with Crippen LogP contribution in [0.2, 0.25) is 10.0 Å². The van der Waals surface area contributed by atoms with Crippen LogP contribution in [0, 0.1) is 0 Å². The van der Waals surface area contributed by atoms with Crippen molar-refractivity contribution >= 4 is 40.1 Å². The van der Waals surface area contributed by atoms with Crippen molar-refractivity contribution in [3.63, 3.8) is 0 Å². The summed E-state index contributed by atoms with van der Waals surface area (Å²) in [4.78, 5) is 10.9. The molecule has 0 saturated carbocycles. The van der Waals surface area contributed by atoms with Crippen LogP contribution >= 0.6 is 23.2 Å². The highest BCUT2D eigenvalue weighted by Gasteiger charge is 2.11.